The van der Waals surface area contributed by atoms with Gasteiger partial charge in [0.2, 0.25) is 0 Å². The highest BCUT2D eigenvalue weighted by Gasteiger charge is 2.19. The molecule has 0 amide bonds. The molecule has 0 radical (unpaired) electrons. The van der Waals surface area contributed by atoms with E-state index >= 15 is 0 Å². The molecule has 0 unspecified atom stereocenters. The number of hydrogen-bond donors (Lipinski definition) is 2. The van der Waals surface area contributed by atoms with Crippen molar-refractivity contribution in [2.75, 3.05) is 19.6 Å². The van der Waals surface area contributed by atoms with Gasteiger partial charge in [-0.1, -0.05) is 6.07 Å². The molecule has 1 saturated carbocycles. The van der Waals surface area contributed by atoms with Gasteiger partial charge in [0.25, 0.3) is 0 Å². The van der Waals surface area contributed by atoms with Crippen LogP contribution in [0.15, 0.2) is 22.6 Å². The Bertz CT molecular complexity index is 545. The SMILES string of the molecule is Cc1nc2cc(CCNCCNC3CC3)ccc2o1. The van der Waals surface area contributed by atoms with Crippen molar-refractivity contribution >= 4 is 11.1 Å². The standard InChI is InChI=1S/C15H21N3O/c1-11-18-14-10-12(2-5-15(14)19-11)6-7-16-8-9-17-13-3-4-13/h2,5,10,13,16-17H,3-4,6-9H2,1H3. The fourth-order valence-electron chi connectivity index (χ4n) is 2.25. The predicted molar refractivity (Wildman–Crippen MR) is 76.3 cm³/mol. The first-order valence-electron chi connectivity index (χ1n) is 7.11. The lowest BCUT2D eigenvalue weighted by Gasteiger charge is -2.05. The smallest absolute Gasteiger partial charge is 0.192 e. The number of benzene rings is 1. The minimum Gasteiger partial charge on any atom is -0.441 e. The molecule has 0 atom stereocenters. The van der Waals surface area contributed by atoms with Crippen LogP contribution in [0.2, 0.25) is 0 Å². The van der Waals surface area contributed by atoms with Crippen LogP contribution in [0.1, 0.15) is 24.3 Å². The Labute approximate surface area is 113 Å². The van der Waals surface area contributed by atoms with E-state index in [1.807, 2.05) is 13.0 Å². The van der Waals surface area contributed by atoms with Crippen molar-refractivity contribution in [2.45, 2.75) is 32.2 Å². The van der Waals surface area contributed by atoms with Crippen LogP contribution < -0.4 is 10.6 Å². The van der Waals surface area contributed by atoms with Crippen molar-refractivity contribution < 1.29 is 4.42 Å². The van der Waals surface area contributed by atoms with Gasteiger partial charge in [-0.15, -0.1) is 0 Å². The summed E-state index contributed by atoms with van der Waals surface area (Å²) in [6, 6.07) is 7.06. The summed E-state index contributed by atoms with van der Waals surface area (Å²) in [7, 11) is 0. The molecule has 1 aliphatic carbocycles. The normalized spacial score (nSPS) is 15.2. The lowest BCUT2D eigenvalue weighted by Crippen LogP contribution is -2.29. The number of fused-ring (bicyclic) bond motifs is 1. The number of nitrogens with zero attached hydrogens (tertiary/aromatic N) is 1. The zero-order chi connectivity index (χ0) is 13.1. The topological polar surface area (TPSA) is 50.1 Å². The Balaban J connectivity index is 1.42. The first kappa shape index (κ1) is 12.6. The van der Waals surface area contributed by atoms with Crippen molar-refractivity contribution in [2.24, 2.45) is 0 Å². The Morgan fingerprint density at radius 2 is 2.16 bits per heavy atom. The quantitative estimate of drug-likeness (QED) is 0.747. The van der Waals surface area contributed by atoms with Crippen molar-refractivity contribution in [1.82, 2.24) is 15.6 Å². The lowest BCUT2D eigenvalue weighted by molar-refractivity contribution is 0.561. The summed E-state index contributed by atoms with van der Waals surface area (Å²) in [5.41, 5.74) is 3.15. The van der Waals surface area contributed by atoms with Gasteiger partial charge < -0.3 is 15.1 Å². The molecular formula is C15H21N3O. The van der Waals surface area contributed by atoms with E-state index in [4.69, 9.17) is 4.42 Å². The Hall–Kier alpha value is -1.39. The fourth-order valence-corrected chi connectivity index (χ4v) is 2.25. The van der Waals surface area contributed by atoms with E-state index in [1.165, 1.54) is 18.4 Å². The number of rotatable bonds is 7. The van der Waals surface area contributed by atoms with Gasteiger partial charge in [0.05, 0.1) is 0 Å². The van der Waals surface area contributed by atoms with Gasteiger partial charge in [-0.2, -0.15) is 0 Å². The third kappa shape index (κ3) is 3.55. The Kier molecular flexibility index (Phi) is 3.80. The second-order valence-corrected chi connectivity index (χ2v) is 5.26. The highest BCUT2D eigenvalue weighted by atomic mass is 16.3. The maximum Gasteiger partial charge on any atom is 0.192 e. The zero-order valence-electron chi connectivity index (χ0n) is 11.4. The van der Waals surface area contributed by atoms with E-state index in [9.17, 15) is 0 Å². The van der Waals surface area contributed by atoms with E-state index in [-0.39, 0.29) is 0 Å². The van der Waals surface area contributed by atoms with E-state index < -0.39 is 0 Å². The van der Waals surface area contributed by atoms with Crippen molar-refractivity contribution in [3.8, 4) is 0 Å². The first-order valence-corrected chi connectivity index (χ1v) is 7.11. The van der Waals surface area contributed by atoms with Gasteiger partial charge in [0, 0.05) is 26.1 Å². The van der Waals surface area contributed by atoms with Crippen LogP contribution in [0.4, 0.5) is 0 Å². The maximum absolute atomic E-state index is 5.47. The molecule has 1 aromatic heterocycles. The largest absolute Gasteiger partial charge is 0.441 e. The summed E-state index contributed by atoms with van der Waals surface area (Å²) in [5.74, 6) is 0.733. The van der Waals surface area contributed by atoms with Crippen molar-refractivity contribution in [1.29, 1.82) is 0 Å². The van der Waals surface area contributed by atoms with Crippen LogP contribution in [0, 0.1) is 6.92 Å². The van der Waals surface area contributed by atoms with E-state index in [0.717, 1.165) is 49.1 Å². The van der Waals surface area contributed by atoms with Crippen LogP contribution in [-0.2, 0) is 6.42 Å². The van der Waals surface area contributed by atoms with Gasteiger partial charge in [-0.3, -0.25) is 0 Å². The lowest BCUT2D eigenvalue weighted by atomic mass is 10.1. The summed E-state index contributed by atoms with van der Waals surface area (Å²) in [6.07, 6.45) is 3.75. The van der Waals surface area contributed by atoms with Gasteiger partial charge >= 0.3 is 0 Å². The monoisotopic (exact) mass is 259 g/mol. The van der Waals surface area contributed by atoms with Crippen LogP contribution in [-0.4, -0.2) is 30.7 Å². The molecule has 0 saturated heterocycles. The van der Waals surface area contributed by atoms with E-state index in [1.54, 1.807) is 0 Å². The molecule has 102 valence electrons. The van der Waals surface area contributed by atoms with Crippen LogP contribution in [0.5, 0.6) is 0 Å². The van der Waals surface area contributed by atoms with Gasteiger partial charge in [-0.05, 0) is 43.5 Å². The minimum absolute atomic E-state index is 0.733. The Morgan fingerprint density at radius 3 is 3.00 bits per heavy atom. The molecular weight excluding hydrogens is 238 g/mol. The molecule has 2 aromatic rings. The first-order chi connectivity index (χ1) is 9.31. The number of oxazole rings is 1. The maximum atomic E-state index is 5.47. The van der Waals surface area contributed by atoms with Crippen molar-refractivity contribution in [3.05, 3.63) is 29.7 Å². The molecule has 4 nitrogen and oxygen atoms in total. The van der Waals surface area contributed by atoms with E-state index in [2.05, 4.69) is 27.8 Å². The van der Waals surface area contributed by atoms with Gasteiger partial charge in [0.15, 0.2) is 11.5 Å². The Morgan fingerprint density at radius 1 is 1.26 bits per heavy atom. The average Bonchev–Trinajstić information content (AvgIpc) is 3.14. The van der Waals surface area contributed by atoms with E-state index in [0.29, 0.717) is 0 Å². The summed E-state index contributed by atoms with van der Waals surface area (Å²) < 4.78 is 5.47. The fraction of sp³-hybridized carbons (Fsp3) is 0.533. The second kappa shape index (κ2) is 5.72. The predicted octanol–water partition coefficient (Wildman–Crippen LogP) is 2.02. The number of nitrogens with one attached hydrogen (secondary N) is 2. The van der Waals surface area contributed by atoms with Crippen LogP contribution >= 0.6 is 0 Å². The third-order valence-corrected chi connectivity index (χ3v) is 3.46. The average molecular weight is 259 g/mol. The number of aromatic nitrogens is 1. The summed E-state index contributed by atoms with van der Waals surface area (Å²) in [4.78, 5) is 4.36. The summed E-state index contributed by atoms with van der Waals surface area (Å²) in [6.45, 7) is 5.01. The number of aryl methyl sites for hydroxylation is 1. The molecule has 1 fully saturated rings. The molecule has 3 rings (SSSR count). The molecule has 1 heterocycles. The molecule has 1 aromatic carbocycles. The molecule has 0 aliphatic heterocycles. The molecule has 4 heteroatoms. The number of hydrogen-bond acceptors (Lipinski definition) is 4. The molecule has 2 N–H and O–H groups in total. The molecule has 1 aliphatic rings. The minimum atomic E-state index is 0.733. The van der Waals surface area contributed by atoms with Crippen molar-refractivity contribution in [3.63, 3.8) is 0 Å². The molecule has 19 heavy (non-hydrogen) atoms. The van der Waals surface area contributed by atoms with Crippen LogP contribution in [0.3, 0.4) is 0 Å². The highest BCUT2D eigenvalue weighted by Crippen LogP contribution is 2.18. The molecule has 0 bridgehead atoms. The second-order valence-electron chi connectivity index (χ2n) is 5.26. The summed E-state index contributed by atoms with van der Waals surface area (Å²) >= 11 is 0. The highest BCUT2D eigenvalue weighted by molar-refractivity contribution is 5.73. The third-order valence-electron chi connectivity index (χ3n) is 3.46. The zero-order valence-corrected chi connectivity index (χ0v) is 11.4. The van der Waals surface area contributed by atoms with Gasteiger partial charge in [-0.25, -0.2) is 4.98 Å². The van der Waals surface area contributed by atoms with Gasteiger partial charge in [0.1, 0.15) is 5.52 Å². The van der Waals surface area contributed by atoms with Crippen LogP contribution in [0.25, 0.3) is 11.1 Å². The summed E-state index contributed by atoms with van der Waals surface area (Å²) in [5, 5.41) is 6.96. The molecule has 0 spiro atoms.